The number of aliphatic hydroxyl groups is 1. The maximum absolute atomic E-state index is 12.6. The van der Waals surface area contributed by atoms with Crippen LogP contribution in [0.4, 0.5) is 0 Å². The standard InChI is InChI=1S/C16H23NO3S/c1-4-5-6-11-17(3)21(19,20)16-10-9-14(2)13-15(16)8-7-12-18/h9-10,13,18H,4-6,11-12H2,1-3H3. The van der Waals surface area contributed by atoms with Gasteiger partial charge in [0.1, 0.15) is 6.61 Å². The normalized spacial score (nSPS) is 11.3. The van der Waals surface area contributed by atoms with E-state index in [2.05, 4.69) is 18.8 Å². The molecule has 0 aliphatic carbocycles. The molecule has 0 saturated carbocycles. The summed E-state index contributed by atoms with van der Waals surface area (Å²) in [5, 5.41) is 8.81. The van der Waals surface area contributed by atoms with E-state index in [1.807, 2.05) is 6.92 Å². The van der Waals surface area contributed by atoms with Crippen molar-refractivity contribution in [2.75, 3.05) is 20.2 Å². The number of aryl methyl sites for hydroxylation is 1. The zero-order valence-electron chi connectivity index (χ0n) is 12.9. The van der Waals surface area contributed by atoms with Gasteiger partial charge in [-0.25, -0.2) is 12.7 Å². The van der Waals surface area contributed by atoms with E-state index in [1.54, 1.807) is 25.2 Å². The minimum absolute atomic E-state index is 0.202. The van der Waals surface area contributed by atoms with Gasteiger partial charge in [0.15, 0.2) is 0 Å². The number of rotatable bonds is 6. The Labute approximate surface area is 127 Å². The SMILES string of the molecule is CCCCCN(C)S(=O)(=O)c1ccc(C)cc1C#CCO. The molecule has 0 fully saturated rings. The van der Waals surface area contributed by atoms with E-state index in [4.69, 9.17) is 5.11 Å². The largest absolute Gasteiger partial charge is 0.384 e. The third kappa shape index (κ3) is 4.85. The van der Waals surface area contributed by atoms with Gasteiger partial charge in [-0.05, 0) is 31.0 Å². The molecule has 0 saturated heterocycles. The van der Waals surface area contributed by atoms with Gasteiger partial charge < -0.3 is 5.11 Å². The Kier molecular flexibility index (Phi) is 6.90. The molecule has 0 aromatic heterocycles. The van der Waals surface area contributed by atoms with Crippen LogP contribution in [0.1, 0.15) is 37.3 Å². The molecule has 0 radical (unpaired) electrons. The molecule has 116 valence electrons. The zero-order chi connectivity index (χ0) is 15.9. The fourth-order valence-electron chi connectivity index (χ4n) is 1.97. The lowest BCUT2D eigenvalue weighted by Crippen LogP contribution is -2.28. The molecular weight excluding hydrogens is 286 g/mol. The molecule has 0 heterocycles. The quantitative estimate of drug-likeness (QED) is 0.647. The number of benzene rings is 1. The van der Waals surface area contributed by atoms with Crippen LogP contribution in [-0.2, 0) is 10.0 Å². The fraction of sp³-hybridized carbons (Fsp3) is 0.500. The Morgan fingerprint density at radius 1 is 1.29 bits per heavy atom. The molecule has 1 aromatic carbocycles. The predicted octanol–water partition coefficient (Wildman–Crippen LogP) is 2.15. The lowest BCUT2D eigenvalue weighted by atomic mass is 10.1. The summed E-state index contributed by atoms with van der Waals surface area (Å²) in [6.45, 7) is 4.17. The summed E-state index contributed by atoms with van der Waals surface area (Å²) >= 11 is 0. The summed E-state index contributed by atoms with van der Waals surface area (Å²) < 4.78 is 26.6. The van der Waals surface area contributed by atoms with Gasteiger partial charge in [-0.1, -0.05) is 37.7 Å². The summed E-state index contributed by atoms with van der Waals surface area (Å²) in [6, 6.07) is 5.08. The van der Waals surface area contributed by atoms with Crippen molar-refractivity contribution in [2.24, 2.45) is 0 Å². The van der Waals surface area contributed by atoms with Gasteiger partial charge in [0, 0.05) is 19.2 Å². The van der Waals surface area contributed by atoms with Gasteiger partial charge in [-0.2, -0.15) is 0 Å². The molecule has 0 unspecified atom stereocenters. The number of hydrogen-bond donors (Lipinski definition) is 1. The molecule has 21 heavy (non-hydrogen) atoms. The molecule has 1 N–H and O–H groups in total. The smallest absolute Gasteiger partial charge is 0.244 e. The minimum atomic E-state index is -3.55. The van der Waals surface area contributed by atoms with Crippen LogP contribution in [0, 0.1) is 18.8 Å². The van der Waals surface area contributed by atoms with E-state index in [-0.39, 0.29) is 11.5 Å². The monoisotopic (exact) mass is 309 g/mol. The van der Waals surface area contributed by atoms with Crippen LogP contribution < -0.4 is 0 Å². The molecular formula is C16H23NO3S. The Bertz CT molecular complexity index is 627. The van der Waals surface area contributed by atoms with Crippen molar-refractivity contribution in [3.63, 3.8) is 0 Å². The summed E-state index contributed by atoms with van der Waals surface area (Å²) in [5.74, 6) is 5.24. The van der Waals surface area contributed by atoms with Crippen LogP contribution >= 0.6 is 0 Å². The van der Waals surface area contributed by atoms with E-state index in [1.165, 1.54) is 4.31 Å². The predicted molar refractivity (Wildman–Crippen MR) is 84.5 cm³/mol. The first-order valence-corrected chi connectivity index (χ1v) is 8.54. The van der Waals surface area contributed by atoms with Crippen molar-refractivity contribution in [3.05, 3.63) is 29.3 Å². The highest BCUT2D eigenvalue weighted by Crippen LogP contribution is 2.20. The summed E-state index contributed by atoms with van der Waals surface area (Å²) in [6.07, 6.45) is 2.90. The Hall–Kier alpha value is -1.35. The number of sulfonamides is 1. The van der Waals surface area contributed by atoms with E-state index < -0.39 is 10.0 Å². The van der Waals surface area contributed by atoms with E-state index in [9.17, 15) is 8.42 Å². The second-order valence-corrected chi connectivity index (χ2v) is 7.01. The molecule has 4 nitrogen and oxygen atoms in total. The maximum Gasteiger partial charge on any atom is 0.244 e. The molecule has 1 rings (SSSR count). The fourth-order valence-corrected chi connectivity index (χ4v) is 3.31. The van der Waals surface area contributed by atoms with Gasteiger partial charge in [-0.3, -0.25) is 0 Å². The van der Waals surface area contributed by atoms with Gasteiger partial charge in [-0.15, -0.1) is 0 Å². The van der Waals surface area contributed by atoms with E-state index >= 15 is 0 Å². The van der Waals surface area contributed by atoms with Crippen LogP contribution in [0.3, 0.4) is 0 Å². The van der Waals surface area contributed by atoms with Crippen LogP contribution in [0.5, 0.6) is 0 Å². The third-order valence-electron chi connectivity index (χ3n) is 3.20. The van der Waals surface area contributed by atoms with Crippen molar-refractivity contribution in [2.45, 2.75) is 38.0 Å². The van der Waals surface area contributed by atoms with Gasteiger partial charge in [0.2, 0.25) is 10.0 Å². The van der Waals surface area contributed by atoms with Gasteiger partial charge in [0.25, 0.3) is 0 Å². The summed E-state index contributed by atoms with van der Waals surface area (Å²) in [5.41, 5.74) is 1.37. The van der Waals surface area contributed by atoms with Gasteiger partial charge in [0.05, 0.1) is 4.90 Å². The number of nitrogens with zero attached hydrogens (tertiary/aromatic N) is 1. The molecule has 0 aliphatic heterocycles. The average Bonchev–Trinajstić information content (AvgIpc) is 2.45. The zero-order valence-corrected chi connectivity index (χ0v) is 13.7. The third-order valence-corrected chi connectivity index (χ3v) is 5.12. The Morgan fingerprint density at radius 2 is 2.00 bits per heavy atom. The molecule has 0 amide bonds. The van der Waals surface area contributed by atoms with Crippen molar-refractivity contribution < 1.29 is 13.5 Å². The molecule has 5 heteroatoms. The lowest BCUT2D eigenvalue weighted by molar-refractivity contribution is 0.350. The molecule has 0 spiro atoms. The van der Waals surface area contributed by atoms with Crippen LogP contribution in [-0.4, -0.2) is 38.0 Å². The molecule has 0 atom stereocenters. The Balaban J connectivity index is 3.12. The second-order valence-electron chi connectivity index (χ2n) is 4.99. The first-order valence-electron chi connectivity index (χ1n) is 7.10. The van der Waals surface area contributed by atoms with Crippen molar-refractivity contribution in [1.82, 2.24) is 4.31 Å². The molecule has 0 bridgehead atoms. The van der Waals surface area contributed by atoms with Crippen molar-refractivity contribution in [3.8, 4) is 11.8 Å². The highest BCUT2D eigenvalue weighted by atomic mass is 32.2. The van der Waals surface area contributed by atoms with E-state index in [0.717, 1.165) is 24.8 Å². The van der Waals surface area contributed by atoms with Crippen LogP contribution in [0.15, 0.2) is 23.1 Å². The van der Waals surface area contributed by atoms with Crippen LogP contribution in [0.25, 0.3) is 0 Å². The lowest BCUT2D eigenvalue weighted by Gasteiger charge is -2.18. The topological polar surface area (TPSA) is 57.6 Å². The number of aliphatic hydroxyl groups excluding tert-OH is 1. The number of unbranched alkanes of at least 4 members (excludes halogenated alkanes) is 2. The highest BCUT2D eigenvalue weighted by Gasteiger charge is 2.23. The molecule has 0 aliphatic rings. The Morgan fingerprint density at radius 3 is 2.62 bits per heavy atom. The van der Waals surface area contributed by atoms with Gasteiger partial charge >= 0.3 is 0 Å². The van der Waals surface area contributed by atoms with Crippen molar-refractivity contribution >= 4 is 10.0 Å². The van der Waals surface area contributed by atoms with Crippen molar-refractivity contribution in [1.29, 1.82) is 0 Å². The first kappa shape index (κ1) is 17.7. The summed E-state index contributed by atoms with van der Waals surface area (Å²) in [4.78, 5) is 0.202. The molecule has 1 aromatic rings. The highest BCUT2D eigenvalue weighted by molar-refractivity contribution is 7.89. The average molecular weight is 309 g/mol. The maximum atomic E-state index is 12.6. The van der Waals surface area contributed by atoms with Crippen LogP contribution in [0.2, 0.25) is 0 Å². The van der Waals surface area contributed by atoms with E-state index in [0.29, 0.717) is 12.1 Å². The number of hydrogen-bond acceptors (Lipinski definition) is 3. The summed E-state index contributed by atoms with van der Waals surface area (Å²) in [7, 11) is -1.96. The first-order chi connectivity index (χ1) is 9.93. The second kappa shape index (κ2) is 8.18. The minimum Gasteiger partial charge on any atom is -0.384 e.